The number of para-hydroxylation sites is 2. The summed E-state index contributed by atoms with van der Waals surface area (Å²) in [5.41, 5.74) is 4.42. The summed E-state index contributed by atoms with van der Waals surface area (Å²) >= 11 is 0. The van der Waals surface area contributed by atoms with Crippen molar-refractivity contribution in [1.82, 2.24) is 14.9 Å². The molecule has 1 saturated heterocycles. The average Bonchev–Trinajstić information content (AvgIpc) is 2.46. The average molecular weight is 265 g/mol. The summed E-state index contributed by atoms with van der Waals surface area (Å²) in [7, 11) is 2.26. The van der Waals surface area contributed by atoms with Crippen molar-refractivity contribution in [2.75, 3.05) is 7.05 Å². The summed E-state index contributed by atoms with van der Waals surface area (Å²) in [5, 5.41) is 0. The molecule has 0 amide bonds. The smallest absolute Gasteiger partial charge is 0.0894 e. The maximum Gasteiger partial charge on any atom is 0.0894 e. The predicted octanol–water partition coefficient (Wildman–Crippen LogP) is 3.27. The third-order valence-corrected chi connectivity index (χ3v) is 4.76. The minimum absolute atomic E-state index is 0.589. The van der Waals surface area contributed by atoms with Crippen LogP contribution in [0.5, 0.6) is 0 Å². The molecule has 2 atom stereocenters. The summed E-state index contributed by atoms with van der Waals surface area (Å²) in [6.07, 6.45) is 9.40. The van der Waals surface area contributed by atoms with Crippen LogP contribution in [-0.2, 0) is 0 Å². The molecule has 2 aromatic rings. The Morgan fingerprint density at radius 2 is 2.00 bits per heavy atom. The van der Waals surface area contributed by atoms with Crippen molar-refractivity contribution in [3.63, 3.8) is 0 Å². The second-order valence-corrected chi connectivity index (χ2v) is 5.96. The molecule has 0 aliphatic carbocycles. The standard InChI is InChI=1S/C17H19N3/c1-20-13-5-4-6-14(20)10-12(9-13)17-11-18-15-7-2-3-8-16(15)19-17/h2-3,7-9,11,13-14H,4-6,10H2,1H3. The Balaban J connectivity index is 1.75. The number of likely N-dealkylation sites (N-methyl/N-ethyl adjacent to an activating group) is 1. The zero-order valence-corrected chi connectivity index (χ0v) is 11.8. The number of hydrogen-bond donors (Lipinski definition) is 0. The van der Waals surface area contributed by atoms with Crippen LogP contribution in [0.1, 0.15) is 31.4 Å². The van der Waals surface area contributed by atoms with Gasteiger partial charge in [0.15, 0.2) is 0 Å². The molecular formula is C17H19N3. The fourth-order valence-corrected chi connectivity index (χ4v) is 3.54. The number of aromatic nitrogens is 2. The van der Waals surface area contributed by atoms with Crippen LogP contribution in [0.2, 0.25) is 0 Å². The Morgan fingerprint density at radius 3 is 2.85 bits per heavy atom. The summed E-state index contributed by atoms with van der Waals surface area (Å²) < 4.78 is 0. The lowest BCUT2D eigenvalue weighted by Crippen LogP contribution is -2.45. The van der Waals surface area contributed by atoms with Gasteiger partial charge in [0.05, 0.1) is 22.9 Å². The van der Waals surface area contributed by atoms with E-state index < -0.39 is 0 Å². The highest BCUT2D eigenvalue weighted by Crippen LogP contribution is 2.35. The van der Waals surface area contributed by atoms with E-state index in [-0.39, 0.29) is 0 Å². The Kier molecular flexibility index (Phi) is 2.81. The molecule has 1 fully saturated rings. The van der Waals surface area contributed by atoms with Crippen molar-refractivity contribution >= 4 is 16.6 Å². The van der Waals surface area contributed by atoms with Crippen LogP contribution in [0.15, 0.2) is 36.5 Å². The molecule has 0 saturated carbocycles. The van der Waals surface area contributed by atoms with E-state index in [4.69, 9.17) is 4.98 Å². The first-order valence-electron chi connectivity index (χ1n) is 7.46. The second kappa shape index (κ2) is 4.67. The first-order valence-corrected chi connectivity index (χ1v) is 7.46. The summed E-state index contributed by atoms with van der Waals surface area (Å²) in [4.78, 5) is 11.9. The maximum absolute atomic E-state index is 4.80. The van der Waals surface area contributed by atoms with Gasteiger partial charge in [0, 0.05) is 12.1 Å². The Bertz CT molecular complexity index is 677. The van der Waals surface area contributed by atoms with E-state index in [2.05, 4.69) is 23.0 Å². The maximum atomic E-state index is 4.80. The van der Waals surface area contributed by atoms with Crippen LogP contribution in [0.4, 0.5) is 0 Å². The van der Waals surface area contributed by atoms with Gasteiger partial charge in [0.25, 0.3) is 0 Å². The fraction of sp³-hybridized carbons (Fsp3) is 0.412. The number of hydrogen-bond acceptors (Lipinski definition) is 3. The lowest BCUT2D eigenvalue weighted by atomic mass is 9.85. The summed E-state index contributed by atoms with van der Waals surface area (Å²) in [5.74, 6) is 0. The number of benzene rings is 1. The SMILES string of the molecule is CN1C2C=C(c3cnc4ccccc4n3)CC1CCC2. The molecule has 3 heteroatoms. The zero-order valence-electron chi connectivity index (χ0n) is 11.8. The van der Waals surface area contributed by atoms with E-state index in [1.165, 1.54) is 24.8 Å². The van der Waals surface area contributed by atoms with Gasteiger partial charge in [-0.15, -0.1) is 0 Å². The van der Waals surface area contributed by atoms with Crippen molar-refractivity contribution in [2.24, 2.45) is 0 Å². The van der Waals surface area contributed by atoms with Crippen LogP contribution in [0, 0.1) is 0 Å². The molecule has 1 aromatic carbocycles. The van der Waals surface area contributed by atoms with Crippen molar-refractivity contribution in [3.05, 3.63) is 42.2 Å². The monoisotopic (exact) mass is 265 g/mol. The molecule has 3 heterocycles. The van der Waals surface area contributed by atoms with E-state index >= 15 is 0 Å². The van der Waals surface area contributed by atoms with Gasteiger partial charge in [-0.3, -0.25) is 9.88 Å². The molecule has 4 rings (SSSR count). The highest BCUT2D eigenvalue weighted by molar-refractivity contribution is 5.76. The van der Waals surface area contributed by atoms with Crippen LogP contribution in [0.25, 0.3) is 16.6 Å². The quantitative estimate of drug-likeness (QED) is 0.792. The third-order valence-electron chi connectivity index (χ3n) is 4.76. The van der Waals surface area contributed by atoms with Gasteiger partial charge in [-0.05, 0) is 44.0 Å². The van der Waals surface area contributed by atoms with Crippen molar-refractivity contribution < 1.29 is 0 Å². The minimum Gasteiger partial charge on any atom is -0.297 e. The van der Waals surface area contributed by atoms with Crippen LogP contribution >= 0.6 is 0 Å². The fourth-order valence-electron chi connectivity index (χ4n) is 3.54. The molecule has 20 heavy (non-hydrogen) atoms. The van der Waals surface area contributed by atoms with Crippen LogP contribution in [-0.4, -0.2) is 34.0 Å². The van der Waals surface area contributed by atoms with E-state index in [0.717, 1.165) is 23.1 Å². The lowest BCUT2D eigenvalue weighted by Gasteiger charge is -2.42. The Labute approximate surface area is 119 Å². The molecule has 1 aromatic heterocycles. The lowest BCUT2D eigenvalue weighted by molar-refractivity contribution is 0.137. The van der Waals surface area contributed by atoms with Gasteiger partial charge in [-0.25, -0.2) is 4.98 Å². The topological polar surface area (TPSA) is 29.0 Å². The van der Waals surface area contributed by atoms with Gasteiger partial charge in [-0.1, -0.05) is 24.6 Å². The number of piperidine rings is 1. The van der Waals surface area contributed by atoms with Crippen LogP contribution in [0.3, 0.4) is 0 Å². The second-order valence-electron chi connectivity index (χ2n) is 5.96. The zero-order chi connectivity index (χ0) is 13.5. The Hall–Kier alpha value is -1.74. The van der Waals surface area contributed by atoms with E-state index in [1.54, 1.807) is 0 Å². The minimum atomic E-state index is 0.589. The largest absolute Gasteiger partial charge is 0.297 e. The number of fused-ring (bicyclic) bond motifs is 3. The van der Waals surface area contributed by atoms with Gasteiger partial charge >= 0.3 is 0 Å². The van der Waals surface area contributed by atoms with Gasteiger partial charge < -0.3 is 0 Å². The first-order chi connectivity index (χ1) is 9.81. The highest BCUT2D eigenvalue weighted by Gasteiger charge is 2.31. The Morgan fingerprint density at radius 1 is 1.15 bits per heavy atom. The molecular weight excluding hydrogens is 246 g/mol. The molecule has 0 spiro atoms. The molecule has 2 aliphatic rings. The predicted molar refractivity (Wildman–Crippen MR) is 81.3 cm³/mol. The molecule has 0 radical (unpaired) electrons. The summed E-state index contributed by atoms with van der Waals surface area (Å²) in [6.45, 7) is 0. The van der Waals surface area contributed by atoms with Crippen molar-refractivity contribution in [3.8, 4) is 0 Å². The van der Waals surface area contributed by atoms with Gasteiger partial charge in [0.1, 0.15) is 0 Å². The van der Waals surface area contributed by atoms with Crippen molar-refractivity contribution in [2.45, 2.75) is 37.8 Å². The number of nitrogens with zero attached hydrogens (tertiary/aromatic N) is 3. The molecule has 0 N–H and O–H groups in total. The molecule has 102 valence electrons. The van der Waals surface area contributed by atoms with Gasteiger partial charge in [0.2, 0.25) is 0 Å². The number of rotatable bonds is 1. The molecule has 2 bridgehead atoms. The van der Waals surface area contributed by atoms with E-state index in [1.807, 2.05) is 30.5 Å². The normalized spacial score (nSPS) is 26.6. The summed E-state index contributed by atoms with van der Waals surface area (Å²) in [6, 6.07) is 9.37. The first kappa shape index (κ1) is 12.0. The third kappa shape index (κ3) is 1.93. The highest BCUT2D eigenvalue weighted by atomic mass is 15.2. The van der Waals surface area contributed by atoms with Crippen molar-refractivity contribution in [1.29, 1.82) is 0 Å². The molecule has 3 nitrogen and oxygen atoms in total. The van der Waals surface area contributed by atoms with E-state index in [0.29, 0.717) is 12.1 Å². The molecule has 2 unspecified atom stereocenters. The van der Waals surface area contributed by atoms with Gasteiger partial charge in [-0.2, -0.15) is 0 Å². The van der Waals surface area contributed by atoms with E-state index in [9.17, 15) is 0 Å². The van der Waals surface area contributed by atoms with Crippen LogP contribution < -0.4 is 0 Å². The molecule has 2 aliphatic heterocycles.